The lowest BCUT2D eigenvalue weighted by Crippen LogP contribution is -2.22. The van der Waals surface area contributed by atoms with Gasteiger partial charge in [0.05, 0.1) is 5.92 Å². The Labute approximate surface area is 73.5 Å². The second-order valence-electron chi connectivity index (χ2n) is 3.00. The predicted molar refractivity (Wildman–Crippen MR) is 45.0 cm³/mol. The van der Waals surface area contributed by atoms with Crippen molar-refractivity contribution in [3.8, 4) is 0 Å². The van der Waals surface area contributed by atoms with Crippen LogP contribution in [0.3, 0.4) is 0 Å². The van der Waals surface area contributed by atoms with Crippen LogP contribution in [-0.2, 0) is 9.53 Å². The maximum Gasteiger partial charge on any atom is 0.309 e. The number of carbonyl (C=O) groups excluding carboxylic acids is 1. The Kier molecular flexibility index (Phi) is 1.62. The van der Waals surface area contributed by atoms with E-state index in [0.29, 0.717) is 3.92 Å². The third kappa shape index (κ3) is 0.946. The van der Waals surface area contributed by atoms with Gasteiger partial charge in [0.15, 0.2) is 0 Å². The zero-order chi connectivity index (χ0) is 7.14. The predicted octanol–water partition coefficient (Wildman–Crippen LogP) is 1.52. The van der Waals surface area contributed by atoms with Gasteiger partial charge in [-0.05, 0) is 19.3 Å². The summed E-state index contributed by atoms with van der Waals surface area (Å²) < 4.78 is 5.72. The van der Waals surface area contributed by atoms with Crippen molar-refractivity contribution < 1.29 is 9.53 Å². The van der Waals surface area contributed by atoms with Crippen LogP contribution in [0.5, 0.6) is 0 Å². The minimum absolute atomic E-state index is 0.0455. The number of rotatable bonds is 0. The van der Waals surface area contributed by atoms with Gasteiger partial charge < -0.3 is 4.74 Å². The number of halogens is 1. The van der Waals surface area contributed by atoms with Crippen LogP contribution in [0.1, 0.15) is 19.3 Å². The molecule has 2 unspecified atom stereocenters. The number of fused-ring (bicyclic) bond motifs is 2. The molecule has 56 valence electrons. The van der Waals surface area contributed by atoms with E-state index >= 15 is 0 Å². The highest BCUT2D eigenvalue weighted by Gasteiger charge is 2.41. The molecular weight excluding hydrogens is 243 g/mol. The SMILES string of the molecule is O=C1OC2CC1CC[C@@H]2I. The molecule has 1 heterocycles. The normalized spacial score (nSPS) is 45.3. The molecule has 2 aliphatic rings. The maximum atomic E-state index is 11.0. The van der Waals surface area contributed by atoms with E-state index in [1.54, 1.807) is 0 Å². The summed E-state index contributed by atoms with van der Waals surface area (Å²) in [6, 6.07) is 0. The first-order chi connectivity index (χ1) is 4.77. The first kappa shape index (κ1) is 6.88. The van der Waals surface area contributed by atoms with Gasteiger partial charge in [0.25, 0.3) is 0 Å². The van der Waals surface area contributed by atoms with Crippen LogP contribution in [0, 0.1) is 5.92 Å². The molecule has 3 heteroatoms. The quantitative estimate of drug-likeness (QED) is 0.371. The Balaban J connectivity index is 2.15. The molecule has 2 rings (SSSR count). The van der Waals surface area contributed by atoms with Crippen LogP contribution in [0.25, 0.3) is 0 Å². The van der Waals surface area contributed by atoms with Crippen LogP contribution >= 0.6 is 22.6 Å². The lowest BCUT2D eigenvalue weighted by Gasteiger charge is -2.19. The van der Waals surface area contributed by atoms with Crippen molar-refractivity contribution in [2.24, 2.45) is 5.92 Å². The van der Waals surface area contributed by atoms with Crippen molar-refractivity contribution in [1.29, 1.82) is 0 Å². The topological polar surface area (TPSA) is 26.3 Å². The summed E-state index contributed by atoms with van der Waals surface area (Å²) in [6.07, 6.45) is 3.42. The Morgan fingerprint density at radius 3 is 3.00 bits per heavy atom. The molecule has 1 aliphatic heterocycles. The lowest BCUT2D eigenvalue weighted by atomic mass is 9.90. The molecule has 2 bridgehead atoms. The van der Waals surface area contributed by atoms with Crippen molar-refractivity contribution in [2.45, 2.75) is 29.3 Å². The zero-order valence-electron chi connectivity index (χ0n) is 5.55. The number of carbonyl (C=O) groups is 1. The first-order valence-corrected chi connectivity index (χ1v) is 4.86. The van der Waals surface area contributed by atoms with Gasteiger partial charge in [0.1, 0.15) is 6.10 Å². The van der Waals surface area contributed by atoms with E-state index in [1.807, 2.05) is 0 Å². The monoisotopic (exact) mass is 252 g/mol. The van der Waals surface area contributed by atoms with E-state index in [-0.39, 0.29) is 18.0 Å². The summed E-state index contributed by atoms with van der Waals surface area (Å²) in [5, 5.41) is 0. The molecule has 0 aromatic heterocycles. The Morgan fingerprint density at radius 2 is 2.30 bits per heavy atom. The van der Waals surface area contributed by atoms with E-state index in [2.05, 4.69) is 22.6 Å². The minimum Gasteiger partial charge on any atom is -0.461 e. The molecular formula is C7H9IO2. The maximum absolute atomic E-state index is 11.0. The molecule has 0 radical (unpaired) electrons. The Morgan fingerprint density at radius 1 is 1.50 bits per heavy atom. The third-order valence-electron chi connectivity index (χ3n) is 2.31. The van der Waals surface area contributed by atoms with Gasteiger partial charge in [-0.15, -0.1) is 0 Å². The first-order valence-electron chi connectivity index (χ1n) is 3.62. The minimum atomic E-state index is 0.0455. The van der Waals surface area contributed by atoms with Crippen LogP contribution in [-0.4, -0.2) is 16.0 Å². The van der Waals surface area contributed by atoms with E-state index in [0.717, 1.165) is 19.3 Å². The van der Waals surface area contributed by atoms with Crippen molar-refractivity contribution in [1.82, 2.24) is 0 Å². The van der Waals surface area contributed by atoms with Crippen molar-refractivity contribution in [3.63, 3.8) is 0 Å². The van der Waals surface area contributed by atoms with E-state index < -0.39 is 0 Å². The fraction of sp³-hybridized carbons (Fsp3) is 0.857. The molecule has 2 fully saturated rings. The Hall–Kier alpha value is 0.200. The summed E-state index contributed by atoms with van der Waals surface area (Å²) in [5.74, 6) is 0.292. The number of alkyl halides is 1. The van der Waals surface area contributed by atoms with Crippen molar-refractivity contribution >= 4 is 28.6 Å². The second-order valence-corrected chi connectivity index (χ2v) is 4.60. The highest BCUT2D eigenvalue weighted by molar-refractivity contribution is 14.1. The summed E-state index contributed by atoms with van der Waals surface area (Å²) in [6.45, 7) is 0. The summed E-state index contributed by atoms with van der Waals surface area (Å²) in [7, 11) is 0. The molecule has 0 amide bonds. The number of ether oxygens (including phenoxy) is 1. The lowest BCUT2D eigenvalue weighted by molar-refractivity contribution is -0.143. The van der Waals surface area contributed by atoms with Gasteiger partial charge in [0, 0.05) is 3.92 Å². The molecule has 0 spiro atoms. The number of hydrogen-bond donors (Lipinski definition) is 0. The second kappa shape index (κ2) is 2.36. The fourth-order valence-electron chi connectivity index (χ4n) is 1.67. The molecule has 0 N–H and O–H groups in total. The van der Waals surface area contributed by atoms with Crippen LogP contribution in [0.2, 0.25) is 0 Å². The number of esters is 1. The summed E-state index contributed by atoms with van der Waals surface area (Å²) >= 11 is 2.38. The van der Waals surface area contributed by atoms with Crippen LogP contribution < -0.4 is 0 Å². The van der Waals surface area contributed by atoms with Crippen molar-refractivity contribution in [3.05, 3.63) is 0 Å². The molecule has 0 aromatic carbocycles. The molecule has 3 atom stereocenters. The van der Waals surface area contributed by atoms with Gasteiger partial charge in [-0.3, -0.25) is 4.79 Å². The van der Waals surface area contributed by atoms with Crippen LogP contribution in [0.4, 0.5) is 0 Å². The molecule has 1 saturated carbocycles. The highest BCUT2D eigenvalue weighted by atomic mass is 127. The zero-order valence-corrected chi connectivity index (χ0v) is 7.71. The molecule has 0 aromatic rings. The fourth-order valence-corrected chi connectivity index (χ4v) is 2.47. The molecule has 1 aliphatic carbocycles. The van der Waals surface area contributed by atoms with Gasteiger partial charge >= 0.3 is 5.97 Å². The summed E-state index contributed by atoms with van der Waals surface area (Å²) in [5.41, 5.74) is 0. The Bertz CT molecular complexity index is 169. The molecule has 10 heavy (non-hydrogen) atoms. The average molecular weight is 252 g/mol. The van der Waals surface area contributed by atoms with E-state index in [1.165, 1.54) is 0 Å². The standard InChI is InChI=1S/C7H9IO2/c8-5-2-1-4-3-6(5)10-7(4)9/h4-6H,1-3H2/t4?,5-,6?/m0/s1. The van der Waals surface area contributed by atoms with Crippen molar-refractivity contribution in [2.75, 3.05) is 0 Å². The van der Waals surface area contributed by atoms with Crippen LogP contribution in [0.15, 0.2) is 0 Å². The highest BCUT2D eigenvalue weighted by Crippen LogP contribution is 2.37. The summed E-state index contributed by atoms with van der Waals surface area (Å²) in [4.78, 5) is 11.0. The van der Waals surface area contributed by atoms with E-state index in [9.17, 15) is 4.79 Å². The van der Waals surface area contributed by atoms with Gasteiger partial charge in [-0.2, -0.15) is 0 Å². The smallest absolute Gasteiger partial charge is 0.309 e. The molecule has 2 nitrogen and oxygen atoms in total. The molecule has 1 saturated heterocycles. The van der Waals surface area contributed by atoms with Gasteiger partial charge in [-0.1, -0.05) is 22.6 Å². The van der Waals surface area contributed by atoms with E-state index in [4.69, 9.17) is 4.74 Å². The largest absolute Gasteiger partial charge is 0.461 e. The van der Waals surface area contributed by atoms with Gasteiger partial charge in [0.2, 0.25) is 0 Å². The third-order valence-corrected chi connectivity index (χ3v) is 3.74. The number of hydrogen-bond acceptors (Lipinski definition) is 2. The average Bonchev–Trinajstić information content (AvgIpc) is 2.21. The van der Waals surface area contributed by atoms with Gasteiger partial charge in [-0.25, -0.2) is 0 Å².